The molecule has 2 aliphatic rings. The highest BCUT2D eigenvalue weighted by atomic mass is 32.2. The van der Waals surface area contributed by atoms with Crippen LogP contribution in [-0.4, -0.2) is 29.9 Å². The third-order valence-corrected chi connectivity index (χ3v) is 14.6. The molecule has 10 nitrogen and oxygen atoms in total. The molecule has 352 valence electrons. The molecule has 11 aromatic rings. The minimum Gasteiger partial charge on any atom is -0.477 e. The second-order valence-electron chi connectivity index (χ2n) is 18.2. The summed E-state index contributed by atoms with van der Waals surface area (Å²) < 4.78 is 13.6. The summed E-state index contributed by atoms with van der Waals surface area (Å²) in [5.74, 6) is 4.73. The van der Waals surface area contributed by atoms with E-state index in [-0.39, 0.29) is 0 Å². The Labute approximate surface area is 436 Å². The van der Waals surface area contributed by atoms with Crippen molar-refractivity contribution in [3.05, 3.63) is 235 Å². The van der Waals surface area contributed by atoms with E-state index < -0.39 is 5.60 Å². The van der Waals surface area contributed by atoms with Gasteiger partial charge in [-0.05, 0) is 108 Å². The molecule has 13 rings (SSSR count). The van der Waals surface area contributed by atoms with Gasteiger partial charge in [0, 0.05) is 44.5 Å². The molecular weight excluding hydrogens is 945 g/mol. The summed E-state index contributed by atoms with van der Waals surface area (Å²) in [7, 11) is 0. The first kappa shape index (κ1) is 44.8. The smallest absolute Gasteiger partial charge is 0.164 e. The fourth-order valence-electron chi connectivity index (χ4n) is 9.69. The Bertz CT molecular complexity index is 4160. The average Bonchev–Trinajstić information content (AvgIpc) is 3.48. The molecule has 1 unspecified atom stereocenters. The first-order chi connectivity index (χ1) is 36.9. The van der Waals surface area contributed by atoms with Crippen molar-refractivity contribution in [3.63, 3.8) is 0 Å². The number of para-hydroxylation sites is 1. The molecule has 1 atom stereocenters. The van der Waals surface area contributed by atoms with E-state index in [1.807, 2.05) is 127 Å². The van der Waals surface area contributed by atoms with Crippen LogP contribution < -0.4 is 9.47 Å². The highest BCUT2D eigenvalue weighted by molar-refractivity contribution is 7.99. The van der Waals surface area contributed by atoms with Crippen LogP contribution in [0.4, 0.5) is 0 Å². The van der Waals surface area contributed by atoms with Gasteiger partial charge in [0.2, 0.25) is 0 Å². The average molecular weight is 983 g/mol. The van der Waals surface area contributed by atoms with Gasteiger partial charge in [-0.15, -0.1) is 0 Å². The first-order valence-corrected chi connectivity index (χ1v) is 25.0. The lowest BCUT2D eigenvalue weighted by molar-refractivity contribution is 0.129. The van der Waals surface area contributed by atoms with Crippen LogP contribution in [0.1, 0.15) is 29.2 Å². The lowest BCUT2D eigenvalue weighted by atomic mass is 9.80. The maximum Gasteiger partial charge on any atom is 0.164 e. The Morgan fingerprint density at radius 3 is 1.65 bits per heavy atom. The van der Waals surface area contributed by atoms with Crippen LogP contribution in [0.3, 0.4) is 0 Å². The van der Waals surface area contributed by atoms with Crippen LogP contribution >= 0.6 is 11.8 Å². The normalized spacial score (nSPS) is 13.9. The van der Waals surface area contributed by atoms with Gasteiger partial charge in [0.1, 0.15) is 17.2 Å². The topological polar surface area (TPSA) is 143 Å². The Morgan fingerprint density at radius 1 is 0.373 bits per heavy atom. The monoisotopic (exact) mass is 982 g/mol. The molecule has 0 aliphatic carbocycles. The van der Waals surface area contributed by atoms with E-state index in [0.717, 1.165) is 71.5 Å². The van der Waals surface area contributed by atoms with Crippen molar-refractivity contribution in [2.75, 3.05) is 0 Å². The van der Waals surface area contributed by atoms with Gasteiger partial charge in [0.05, 0.1) is 33.1 Å². The summed E-state index contributed by atoms with van der Waals surface area (Å²) in [6.45, 7) is 2.12. The summed E-state index contributed by atoms with van der Waals surface area (Å²) in [4.78, 5) is 32.9. The Hall–Kier alpha value is -10.1. The summed E-state index contributed by atoms with van der Waals surface area (Å²) in [6, 6.07) is 73.8. The van der Waals surface area contributed by atoms with E-state index in [1.54, 1.807) is 36.0 Å². The van der Waals surface area contributed by atoms with E-state index in [9.17, 15) is 10.5 Å². The number of ether oxygens (including phenoxy) is 2. The molecule has 11 heteroatoms. The van der Waals surface area contributed by atoms with Crippen molar-refractivity contribution in [3.8, 4) is 120 Å². The van der Waals surface area contributed by atoms with Crippen LogP contribution in [0.5, 0.6) is 17.2 Å². The zero-order valence-corrected chi connectivity index (χ0v) is 40.8. The maximum atomic E-state index is 9.97. The van der Waals surface area contributed by atoms with Gasteiger partial charge < -0.3 is 9.47 Å². The number of fused-ring (bicyclic) bond motifs is 5. The minimum absolute atomic E-state index is 0.360. The summed E-state index contributed by atoms with van der Waals surface area (Å²) in [5, 5.41) is 19.7. The summed E-state index contributed by atoms with van der Waals surface area (Å²) in [6.07, 6.45) is 0. The van der Waals surface area contributed by atoms with Crippen molar-refractivity contribution < 1.29 is 9.47 Å². The zero-order chi connectivity index (χ0) is 50.5. The van der Waals surface area contributed by atoms with E-state index in [2.05, 4.69) is 79.7 Å². The molecule has 75 heavy (non-hydrogen) atoms. The third-order valence-electron chi connectivity index (χ3n) is 13.5. The van der Waals surface area contributed by atoms with Crippen molar-refractivity contribution in [2.24, 2.45) is 0 Å². The van der Waals surface area contributed by atoms with Crippen LogP contribution in [0.2, 0.25) is 0 Å². The molecule has 0 fully saturated rings. The molecule has 0 saturated heterocycles. The van der Waals surface area contributed by atoms with E-state index in [1.165, 1.54) is 0 Å². The third kappa shape index (κ3) is 8.29. The van der Waals surface area contributed by atoms with E-state index in [4.69, 9.17) is 39.4 Å². The fourth-order valence-corrected chi connectivity index (χ4v) is 10.6. The molecule has 2 aliphatic heterocycles. The summed E-state index contributed by atoms with van der Waals surface area (Å²) in [5.41, 5.74) is 10.3. The van der Waals surface area contributed by atoms with Crippen molar-refractivity contribution in [2.45, 2.75) is 22.3 Å². The number of rotatable bonds is 8. The molecule has 0 N–H and O–H groups in total. The molecule has 2 aromatic heterocycles. The van der Waals surface area contributed by atoms with Crippen LogP contribution in [-0.2, 0) is 5.60 Å². The van der Waals surface area contributed by atoms with Gasteiger partial charge in [-0.25, -0.2) is 29.9 Å². The van der Waals surface area contributed by atoms with Crippen molar-refractivity contribution >= 4 is 11.8 Å². The largest absolute Gasteiger partial charge is 0.477 e. The SMILES string of the molecule is CC1(c2ccccc2)Oc2cc(-c3ccc(-c4nc(-c5ccccc5)nc(-c5ccc6c(c5)Oc5ccccc5S6)n4)cc3-c3nc(-c4ccc(C#N)cc4)nc(-c4cccc(C#N)c4)n3)ccc2-c2ccccc21. The van der Waals surface area contributed by atoms with Gasteiger partial charge in [0.25, 0.3) is 0 Å². The van der Waals surface area contributed by atoms with Gasteiger partial charge in [0.15, 0.2) is 40.5 Å². The molecule has 0 amide bonds. The number of benzene rings is 9. The van der Waals surface area contributed by atoms with Crippen molar-refractivity contribution in [1.82, 2.24) is 29.9 Å². The van der Waals surface area contributed by atoms with Gasteiger partial charge in [-0.1, -0.05) is 145 Å². The molecule has 0 saturated carbocycles. The van der Waals surface area contributed by atoms with Gasteiger partial charge in [-0.3, -0.25) is 0 Å². The van der Waals surface area contributed by atoms with E-state index in [0.29, 0.717) is 68.3 Å². The minimum atomic E-state index is -0.784. The lowest BCUT2D eigenvalue weighted by Crippen LogP contribution is -2.34. The Balaban J connectivity index is 1.02. The quantitative estimate of drug-likeness (QED) is 0.143. The van der Waals surface area contributed by atoms with E-state index >= 15 is 0 Å². The van der Waals surface area contributed by atoms with Gasteiger partial charge in [-0.2, -0.15) is 10.5 Å². The van der Waals surface area contributed by atoms with Crippen LogP contribution in [0.25, 0.3) is 90.6 Å². The molecule has 4 heterocycles. The molecule has 9 aromatic carbocycles. The number of hydrogen-bond acceptors (Lipinski definition) is 11. The fraction of sp³-hybridized carbons (Fsp3) is 0.0312. The molecular formula is C64H38N8O2S. The van der Waals surface area contributed by atoms with Crippen LogP contribution in [0, 0.1) is 22.7 Å². The summed E-state index contributed by atoms with van der Waals surface area (Å²) >= 11 is 1.66. The van der Waals surface area contributed by atoms with Crippen molar-refractivity contribution in [1.29, 1.82) is 10.5 Å². The lowest BCUT2D eigenvalue weighted by Gasteiger charge is -2.38. The molecule has 0 bridgehead atoms. The number of nitrogens with zero attached hydrogens (tertiary/aromatic N) is 8. The molecule has 0 radical (unpaired) electrons. The number of hydrogen-bond donors (Lipinski definition) is 0. The first-order valence-electron chi connectivity index (χ1n) is 24.2. The highest BCUT2D eigenvalue weighted by Gasteiger charge is 2.38. The highest BCUT2D eigenvalue weighted by Crippen LogP contribution is 2.51. The molecule has 0 spiro atoms. The number of aromatic nitrogens is 6. The Morgan fingerprint density at radius 2 is 0.907 bits per heavy atom. The predicted octanol–water partition coefficient (Wildman–Crippen LogP) is 15.0. The Kier molecular flexibility index (Phi) is 11.1. The van der Waals surface area contributed by atoms with Gasteiger partial charge >= 0.3 is 0 Å². The zero-order valence-electron chi connectivity index (χ0n) is 40.0. The maximum absolute atomic E-state index is 9.97. The second-order valence-corrected chi connectivity index (χ2v) is 19.3. The predicted molar refractivity (Wildman–Crippen MR) is 290 cm³/mol. The second kappa shape index (κ2) is 18.5. The number of nitriles is 2. The standard InChI is InChI=1S/C64H38N8O2S/c1-64(47-17-6-3-7-18-47)52-20-9-8-19-49(52)50-31-27-43(35-54(50)74-64)48-30-28-45(34-51(48)63-71-59(42-25-23-39(37-65)24-26-42)69-60(72-63)44-16-12-13-40(33-44)38-66)61-67-58(41-14-4-2-5-15-41)68-62(70-61)46-29-32-57-55(36-46)73-53-21-10-11-22-56(53)75-57/h2-36H,1H3. The van der Waals surface area contributed by atoms with Crippen LogP contribution in [0.15, 0.2) is 222 Å².